The Morgan fingerprint density at radius 3 is 2.86 bits per heavy atom. The Bertz CT molecular complexity index is 745. The highest BCUT2D eigenvalue weighted by Crippen LogP contribution is 2.35. The summed E-state index contributed by atoms with van der Waals surface area (Å²) in [4.78, 5) is 21.8. The van der Waals surface area contributed by atoms with Gasteiger partial charge in [-0.1, -0.05) is 0 Å². The number of ether oxygens (including phenoxy) is 2. The molecule has 3 rings (SSSR count). The molecule has 0 spiro atoms. The summed E-state index contributed by atoms with van der Waals surface area (Å²) in [5.74, 6) is 1.10. The summed E-state index contributed by atoms with van der Waals surface area (Å²) in [6.07, 6.45) is -0.0878. The quantitative estimate of drug-likeness (QED) is 0.629. The van der Waals surface area contributed by atoms with Gasteiger partial charge in [-0.15, -0.1) is 0 Å². The van der Waals surface area contributed by atoms with Crippen molar-refractivity contribution in [2.75, 3.05) is 6.79 Å². The van der Waals surface area contributed by atoms with Gasteiger partial charge in [0.05, 0.1) is 5.69 Å². The molecule has 0 saturated heterocycles. The van der Waals surface area contributed by atoms with Gasteiger partial charge in [-0.2, -0.15) is 4.99 Å². The highest BCUT2D eigenvalue weighted by Gasteiger charge is 2.15. The van der Waals surface area contributed by atoms with Crippen molar-refractivity contribution in [3.63, 3.8) is 0 Å². The highest BCUT2D eigenvalue weighted by molar-refractivity contribution is 6.01. The minimum atomic E-state index is -1.38. The Labute approximate surface area is 118 Å². The molecular weight excluding hydrogens is 276 g/mol. The van der Waals surface area contributed by atoms with Crippen LogP contribution in [0.2, 0.25) is 0 Å². The number of nitrogens with zero attached hydrogens (tertiary/aromatic N) is 3. The van der Waals surface area contributed by atoms with Crippen molar-refractivity contribution in [3.8, 4) is 22.8 Å². The Kier molecular flexibility index (Phi) is 3.11. The van der Waals surface area contributed by atoms with Crippen LogP contribution in [0.5, 0.6) is 11.5 Å². The summed E-state index contributed by atoms with van der Waals surface area (Å²) in [5.41, 5.74) is 7.14. The molecule has 1 aliphatic heterocycles. The molecule has 2 aromatic rings. The van der Waals surface area contributed by atoms with Crippen LogP contribution in [0, 0.1) is 0 Å². The van der Waals surface area contributed by atoms with Crippen LogP contribution in [0.3, 0.4) is 0 Å². The number of aromatic nitrogens is 2. The lowest BCUT2D eigenvalue weighted by atomic mass is 10.1. The number of amidine groups is 1. The molecular formula is C13H10N4O4. The monoisotopic (exact) mass is 286 g/mol. The van der Waals surface area contributed by atoms with E-state index < -0.39 is 6.09 Å². The molecule has 1 amide bonds. The molecule has 0 unspecified atom stereocenters. The number of benzene rings is 1. The van der Waals surface area contributed by atoms with Gasteiger partial charge in [0, 0.05) is 5.56 Å². The van der Waals surface area contributed by atoms with Gasteiger partial charge in [0.2, 0.25) is 6.79 Å². The van der Waals surface area contributed by atoms with Gasteiger partial charge in [-0.05, 0) is 24.3 Å². The molecule has 3 N–H and O–H groups in total. The average molecular weight is 286 g/mol. The lowest BCUT2D eigenvalue weighted by Crippen LogP contribution is -2.17. The Hall–Kier alpha value is -3.16. The highest BCUT2D eigenvalue weighted by atomic mass is 16.7. The zero-order valence-electron chi connectivity index (χ0n) is 10.7. The van der Waals surface area contributed by atoms with Crippen LogP contribution in [-0.4, -0.2) is 33.8 Å². The largest absolute Gasteiger partial charge is 0.463 e. The molecule has 1 aromatic heterocycles. The van der Waals surface area contributed by atoms with E-state index in [0.717, 1.165) is 5.56 Å². The molecule has 0 radical (unpaired) electrons. The lowest BCUT2D eigenvalue weighted by molar-refractivity contribution is 0.174. The van der Waals surface area contributed by atoms with Crippen molar-refractivity contribution in [2.45, 2.75) is 0 Å². The summed E-state index contributed by atoms with van der Waals surface area (Å²) in [5, 5.41) is 8.60. The SMILES string of the molecule is NC(=NC(=O)O)c1cc(-c2ccc3c(c2)OCO3)ncn1. The predicted molar refractivity (Wildman–Crippen MR) is 72.3 cm³/mol. The van der Waals surface area contributed by atoms with Crippen LogP contribution in [0.4, 0.5) is 4.79 Å². The van der Waals surface area contributed by atoms with Gasteiger partial charge < -0.3 is 20.3 Å². The van der Waals surface area contributed by atoms with E-state index in [-0.39, 0.29) is 18.3 Å². The molecule has 1 aromatic carbocycles. The first-order valence-electron chi connectivity index (χ1n) is 5.93. The second-order valence-electron chi connectivity index (χ2n) is 4.14. The number of aliphatic imine (C=N–C) groups is 1. The fraction of sp³-hybridized carbons (Fsp3) is 0.0769. The Morgan fingerprint density at radius 1 is 1.24 bits per heavy atom. The maximum atomic E-state index is 10.5. The summed E-state index contributed by atoms with van der Waals surface area (Å²) in [7, 11) is 0. The van der Waals surface area contributed by atoms with E-state index in [1.165, 1.54) is 6.33 Å². The van der Waals surface area contributed by atoms with Crippen molar-refractivity contribution < 1.29 is 19.4 Å². The van der Waals surface area contributed by atoms with Crippen LogP contribution in [0.1, 0.15) is 5.69 Å². The van der Waals surface area contributed by atoms with Crippen LogP contribution >= 0.6 is 0 Å². The van der Waals surface area contributed by atoms with Crippen LogP contribution < -0.4 is 15.2 Å². The zero-order valence-corrected chi connectivity index (χ0v) is 10.7. The maximum absolute atomic E-state index is 10.5. The molecule has 0 fully saturated rings. The summed E-state index contributed by atoms with van der Waals surface area (Å²) < 4.78 is 10.5. The van der Waals surface area contributed by atoms with Crippen LogP contribution in [0.25, 0.3) is 11.3 Å². The molecule has 0 aliphatic carbocycles. The zero-order chi connectivity index (χ0) is 14.8. The predicted octanol–water partition coefficient (Wildman–Crippen LogP) is 1.26. The second-order valence-corrected chi connectivity index (χ2v) is 4.14. The van der Waals surface area contributed by atoms with E-state index in [0.29, 0.717) is 17.2 Å². The summed E-state index contributed by atoms with van der Waals surface area (Å²) in [6, 6.07) is 6.91. The standard InChI is InChI=1S/C13H10N4O4/c14-12(17-13(18)19)9-4-8(15-5-16-9)7-1-2-10-11(3-7)21-6-20-10/h1-5H,6H2,(H2,14,17)(H,18,19). The molecule has 0 saturated carbocycles. The van der Waals surface area contributed by atoms with Gasteiger partial charge in [-0.25, -0.2) is 14.8 Å². The third kappa shape index (κ3) is 2.59. The van der Waals surface area contributed by atoms with Gasteiger partial charge in [0.15, 0.2) is 17.3 Å². The normalized spacial score (nSPS) is 13.2. The van der Waals surface area contributed by atoms with E-state index in [2.05, 4.69) is 15.0 Å². The van der Waals surface area contributed by atoms with Crippen molar-refractivity contribution in [1.29, 1.82) is 0 Å². The van der Waals surface area contributed by atoms with Gasteiger partial charge in [0.25, 0.3) is 0 Å². The van der Waals surface area contributed by atoms with Gasteiger partial charge in [0.1, 0.15) is 12.0 Å². The van der Waals surface area contributed by atoms with Crippen molar-refractivity contribution in [3.05, 3.63) is 36.3 Å². The van der Waals surface area contributed by atoms with Crippen molar-refractivity contribution in [1.82, 2.24) is 9.97 Å². The number of carbonyl (C=O) groups is 1. The van der Waals surface area contributed by atoms with E-state index in [4.69, 9.17) is 20.3 Å². The van der Waals surface area contributed by atoms with Gasteiger partial charge >= 0.3 is 6.09 Å². The average Bonchev–Trinajstić information content (AvgIpc) is 2.94. The number of amides is 1. The minimum Gasteiger partial charge on any atom is -0.463 e. The molecule has 0 atom stereocenters. The fourth-order valence-corrected chi connectivity index (χ4v) is 1.87. The molecule has 106 valence electrons. The molecule has 0 bridgehead atoms. The smallest absolute Gasteiger partial charge is 0.433 e. The molecule has 8 nitrogen and oxygen atoms in total. The van der Waals surface area contributed by atoms with E-state index in [1.54, 1.807) is 18.2 Å². The Morgan fingerprint density at radius 2 is 2.05 bits per heavy atom. The van der Waals surface area contributed by atoms with E-state index in [9.17, 15) is 4.79 Å². The number of hydrogen-bond donors (Lipinski definition) is 2. The maximum Gasteiger partial charge on any atom is 0.433 e. The third-order valence-electron chi connectivity index (χ3n) is 2.81. The van der Waals surface area contributed by atoms with Gasteiger partial charge in [-0.3, -0.25) is 0 Å². The number of rotatable bonds is 2. The summed E-state index contributed by atoms with van der Waals surface area (Å²) >= 11 is 0. The first-order chi connectivity index (χ1) is 10.1. The van der Waals surface area contributed by atoms with E-state index in [1.807, 2.05) is 6.07 Å². The van der Waals surface area contributed by atoms with Crippen LogP contribution in [0.15, 0.2) is 35.6 Å². The van der Waals surface area contributed by atoms with Crippen molar-refractivity contribution >= 4 is 11.9 Å². The molecule has 8 heteroatoms. The van der Waals surface area contributed by atoms with E-state index >= 15 is 0 Å². The fourth-order valence-electron chi connectivity index (χ4n) is 1.87. The third-order valence-corrected chi connectivity index (χ3v) is 2.81. The van der Waals surface area contributed by atoms with Crippen LogP contribution in [-0.2, 0) is 0 Å². The first kappa shape index (κ1) is 12.9. The minimum absolute atomic E-state index is 0.187. The molecule has 1 aliphatic rings. The molecule has 21 heavy (non-hydrogen) atoms. The number of carboxylic acid groups (broad SMARTS) is 1. The number of hydrogen-bond acceptors (Lipinski definition) is 5. The Balaban J connectivity index is 1.98. The topological polar surface area (TPSA) is 120 Å². The summed E-state index contributed by atoms with van der Waals surface area (Å²) in [6.45, 7) is 0.187. The second kappa shape index (κ2) is 5.08. The lowest BCUT2D eigenvalue weighted by Gasteiger charge is -2.04. The first-order valence-corrected chi connectivity index (χ1v) is 5.93. The van der Waals surface area contributed by atoms with Crippen molar-refractivity contribution in [2.24, 2.45) is 10.7 Å². The number of nitrogens with two attached hydrogens (primary N) is 1. The number of fused-ring (bicyclic) bond motifs is 1. The molecule has 2 heterocycles.